The molecule has 1 aliphatic heterocycles. The molecule has 0 aromatic heterocycles. The van der Waals surface area contributed by atoms with E-state index in [0.29, 0.717) is 6.42 Å². The van der Waals surface area contributed by atoms with Crippen molar-refractivity contribution in [1.29, 1.82) is 0 Å². The number of halogens is 3. The van der Waals surface area contributed by atoms with Gasteiger partial charge in [0.2, 0.25) is 11.8 Å². The molecule has 3 nitrogen and oxygen atoms in total. The molecule has 1 fully saturated rings. The zero-order chi connectivity index (χ0) is 19.1. The summed E-state index contributed by atoms with van der Waals surface area (Å²) in [6, 6.07) is 12.0. The van der Waals surface area contributed by atoms with Crippen LogP contribution in [0.25, 0.3) is 0 Å². The summed E-state index contributed by atoms with van der Waals surface area (Å²) in [5, 5.41) is 0. The zero-order valence-electron chi connectivity index (χ0n) is 14.4. The van der Waals surface area contributed by atoms with Gasteiger partial charge in [-0.2, -0.15) is 13.2 Å². The molecule has 0 bridgehead atoms. The number of alkyl halides is 3. The van der Waals surface area contributed by atoms with E-state index in [4.69, 9.17) is 0 Å². The van der Waals surface area contributed by atoms with E-state index in [0.717, 1.165) is 28.2 Å². The quantitative estimate of drug-likeness (QED) is 0.761. The summed E-state index contributed by atoms with van der Waals surface area (Å²) < 4.78 is 38.8. The van der Waals surface area contributed by atoms with Crippen LogP contribution in [0.15, 0.2) is 48.5 Å². The normalized spacial score (nSPS) is 20.7. The minimum absolute atomic E-state index is 0.0342. The smallest absolute Gasteiger partial charge is 0.274 e. The second-order valence-electron chi connectivity index (χ2n) is 6.64. The molecule has 0 unspecified atom stereocenters. The number of anilines is 1. The average molecular weight is 361 g/mol. The highest BCUT2D eigenvalue weighted by Crippen LogP contribution is 2.36. The van der Waals surface area contributed by atoms with Gasteiger partial charge in [0, 0.05) is 5.92 Å². The molecule has 2 atom stereocenters. The monoisotopic (exact) mass is 361 g/mol. The molecule has 2 aromatic carbocycles. The minimum atomic E-state index is -4.53. The number of benzene rings is 2. The third-order valence-corrected chi connectivity index (χ3v) is 4.76. The topological polar surface area (TPSA) is 37.4 Å². The van der Waals surface area contributed by atoms with Crippen molar-refractivity contribution in [1.82, 2.24) is 0 Å². The Balaban J connectivity index is 1.89. The van der Waals surface area contributed by atoms with Crippen LogP contribution in [0.5, 0.6) is 0 Å². The Hall–Kier alpha value is -2.63. The van der Waals surface area contributed by atoms with Gasteiger partial charge in [-0.1, -0.05) is 42.8 Å². The lowest BCUT2D eigenvalue weighted by Crippen LogP contribution is -2.31. The number of hydrogen-bond acceptors (Lipinski definition) is 2. The molecule has 136 valence electrons. The number of aryl methyl sites for hydroxylation is 1. The van der Waals surface area contributed by atoms with Crippen molar-refractivity contribution >= 4 is 17.5 Å². The van der Waals surface area contributed by atoms with Crippen LogP contribution >= 0.6 is 0 Å². The third-order valence-electron chi connectivity index (χ3n) is 4.76. The molecule has 2 amide bonds. The fraction of sp³-hybridized carbons (Fsp3) is 0.300. The summed E-state index contributed by atoms with van der Waals surface area (Å²) >= 11 is 0. The predicted octanol–water partition coefficient (Wildman–Crippen LogP) is 4.38. The Bertz CT molecular complexity index is 843. The third kappa shape index (κ3) is 3.36. The highest BCUT2D eigenvalue weighted by molar-refractivity contribution is 6.22. The predicted molar refractivity (Wildman–Crippen MR) is 91.5 cm³/mol. The number of carbonyl (C=O) groups excluding carboxylic acids is 2. The number of carbonyl (C=O) groups is 2. The maximum Gasteiger partial charge on any atom is 0.416 e. The van der Waals surface area contributed by atoms with Gasteiger partial charge in [-0.25, -0.2) is 0 Å². The summed E-state index contributed by atoms with van der Waals surface area (Å²) in [4.78, 5) is 26.2. The summed E-state index contributed by atoms with van der Waals surface area (Å²) in [5.41, 5.74) is 1.08. The molecule has 1 aliphatic rings. The van der Waals surface area contributed by atoms with E-state index >= 15 is 0 Å². The SMILES string of the molecule is Cc1ccc(C[C@@H]2C(=O)N(c3cccc(C(F)(F)F)c3)C(=O)[C@H]2C)cc1. The Morgan fingerprint density at radius 1 is 1.00 bits per heavy atom. The summed E-state index contributed by atoms with van der Waals surface area (Å²) in [6.07, 6.45) is -4.16. The molecule has 0 saturated carbocycles. The molecule has 0 radical (unpaired) electrons. The second kappa shape index (κ2) is 6.59. The lowest BCUT2D eigenvalue weighted by Gasteiger charge is -2.17. The first kappa shape index (κ1) is 18.2. The molecule has 26 heavy (non-hydrogen) atoms. The van der Waals surface area contributed by atoms with Crippen LogP contribution < -0.4 is 4.90 Å². The Labute approximate surface area is 149 Å². The van der Waals surface area contributed by atoms with Crippen LogP contribution in [-0.2, 0) is 22.2 Å². The lowest BCUT2D eigenvalue weighted by atomic mass is 9.90. The molecule has 2 aromatic rings. The van der Waals surface area contributed by atoms with Gasteiger partial charge in [-0.05, 0) is 37.1 Å². The van der Waals surface area contributed by atoms with Gasteiger partial charge in [-0.15, -0.1) is 0 Å². The van der Waals surface area contributed by atoms with E-state index in [9.17, 15) is 22.8 Å². The van der Waals surface area contributed by atoms with Gasteiger partial charge in [0.05, 0.1) is 17.2 Å². The van der Waals surface area contributed by atoms with Crippen LogP contribution in [0.1, 0.15) is 23.6 Å². The van der Waals surface area contributed by atoms with Crippen LogP contribution in [0, 0.1) is 18.8 Å². The maximum atomic E-state index is 12.9. The molecule has 1 saturated heterocycles. The van der Waals surface area contributed by atoms with E-state index < -0.39 is 35.4 Å². The molecule has 6 heteroatoms. The van der Waals surface area contributed by atoms with Crippen molar-refractivity contribution in [3.05, 3.63) is 65.2 Å². The number of hydrogen-bond donors (Lipinski definition) is 0. The van der Waals surface area contributed by atoms with E-state index in [2.05, 4.69) is 0 Å². The lowest BCUT2D eigenvalue weighted by molar-refractivity contribution is -0.137. The number of amides is 2. The Morgan fingerprint density at radius 2 is 1.65 bits per heavy atom. The number of imide groups is 1. The summed E-state index contributed by atoms with van der Waals surface area (Å²) in [6.45, 7) is 3.60. The van der Waals surface area contributed by atoms with Gasteiger partial charge >= 0.3 is 6.18 Å². The summed E-state index contributed by atoms with van der Waals surface area (Å²) in [5.74, 6) is -2.09. The Kier molecular flexibility index (Phi) is 4.61. The van der Waals surface area contributed by atoms with Crippen LogP contribution in [0.4, 0.5) is 18.9 Å². The van der Waals surface area contributed by atoms with Crippen LogP contribution in [0.3, 0.4) is 0 Å². The molecular formula is C20H18F3NO2. The van der Waals surface area contributed by atoms with E-state index in [1.54, 1.807) is 6.92 Å². The molecule has 0 spiro atoms. The van der Waals surface area contributed by atoms with E-state index in [-0.39, 0.29) is 5.69 Å². The van der Waals surface area contributed by atoms with Gasteiger partial charge < -0.3 is 0 Å². The van der Waals surface area contributed by atoms with Gasteiger partial charge in [-0.3, -0.25) is 14.5 Å². The highest BCUT2D eigenvalue weighted by atomic mass is 19.4. The van der Waals surface area contributed by atoms with Crippen LogP contribution in [-0.4, -0.2) is 11.8 Å². The van der Waals surface area contributed by atoms with Crippen molar-refractivity contribution in [3.8, 4) is 0 Å². The van der Waals surface area contributed by atoms with Crippen molar-refractivity contribution in [3.63, 3.8) is 0 Å². The van der Waals surface area contributed by atoms with E-state index in [1.165, 1.54) is 12.1 Å². The van der Waals surface area contributed by atoms with Crippen molar-refractivity contribution in [2.75, 3.05) is 4.90 Å². The molecule has 0 N–H and O–H groups in total. The van der Waals surface area contributed by atoms with Crippen molar-refractivity contribution in [2.45, 2.75) is 26.4 Å². The van der Waals surface area contributed by atoms with Gasteiger partial charge in [0.25, 0.3) is 0 Å². The first-order chi connectivity index (χ1) is 12.2. The maximum absolute atomic E-state index is 12.9. The Morgan fingerprint density at radius 3 is 2.27 bits per heavy atom. The molecule has 1 heterocycles. The van der Waals surface area contributed by atoms with Gasteiger partial charge in [0.15, 0.2) is 0 Å². The fourth-order valence-corrected chi connectivity index (χ4v) is 3.18. The second-order valence-corrected chi connectivity index (χ2v) is 6.64. The summed E-state index contributed by atoms with van der Waals surface area (Å²) in [7, 11) is 0. The minimum Gasteiger partial charge on any atom is -0.274 e. The first-order valence-electron chi connectivity index (χ1n) is 8.29. The average Bonchev–Trinajstić information content (AvgIpc) is 2.80. The molecule has 0 aliphatic carbocycles. The van der Waals surface area contributed by atoms with Crippen LogP contribution in [0.2, 0.25) is 0 Å². The first-order valence-corrected chi connectivity index (χ1v) is 8.29. The van der Waals surface area contributed by atoms with Crippen molar-refractivity contribution in [2.24, 2.45) is 11.8 Å². The fourth-order valence-electron chi connectivity index (χ4n) is 3.18. The standard InChI is InChI=1S/C20H18F3NO2/c1-12-6-8-14(9-7-12)10-17-13(2)18(25)24(19(17)26)16-5-3-4-15(11-16)20(21,22)23/h3-9,11,13,17H,10H2,1-2H3/t13-,17-/m0/s1. The zero-order valence-corrected chi connectivity index (χ0v) is 14.4. The molecular weight excluding hydrogens is 343 g/mol. The van der Waals surface area contributed by atoms with E-state index in [1.807, 2.05) is 31.2 Å². The highest BCUT2D eigenvalue weighted by Gasteiger charge is 2.46. The number of nitrogens with zero attached hydrogens (tertiary/aromatic N) is 1. The van der Waals surface area contributed by atoms with Crippen molar-refractivity contribution < 1.29 is 22.8 Å². The largest absolute Gasteiger partial charge is 0.416 e. The molecule has 3 rings (SSSR count). The number of rotatable bonds is 3. The van der Waals surface area contributed by atoms with Gasteiger partial charge in [0.1, 0.15) is 0 Å².